The van der Waals surface area contributed by atoms with E-state index in [4.69, 9.17) is 0 Å². The Kier molecular flexibility index (Phi) is 7.21. The summed E-state index contributed by atoms with van der Waals surface area (Å²) in [4.78, 5) is 2.52. The summed E-state index contributed by atoms with van der Waals surface area (Å²) in [6, 6.07) is 72.2. The summed E-state index contributed by atoms with van der Waals surface area (Å²) in [5.41, 5.74) is 12.6. The second-order valence-electron chi connectivity index (χ2n) is 17.7. The van der Waals surface area contributed by atoms with Gasteiger partial charge in [-0.2, -0.15) is 0 Å². The normalized spacial score (nSPS) is 16.1. The number of allylic oxidation sites excluding steroid dienone is 4. The minimum Gasteiger partial charge on any atom is -0.314 e. The predicted octanol–water partition coefficient (Wildman–Crippen LogP) is 16.0. The Bertz CT molecular complexity index is 3950. The van der Waals surface area contributed by atoms with Crippen LogP contribution in [0, 0.1) is 18.8 Å². The molecule has 0 saturated heterocycles. The molecule has 10 aromatic carbocycles. The van der Waals surface area contributed by atoms with Gasteiger partial charge in [-0.05, 0) is 106 Å². The molecule has 2 aliphatic carbocycles. The highest BCUT2D eigenvalue weighted by Gasteiger charge is 2.47. The van der Waals surface area contributed by atoms with Crippen LogP contribution < -0.4 is 4.90 Å². The van der Waals surface area contributed by atoms with Crippen molar-refractivity contribution in [3.63, 3.8) is 0 Å². The van der Waals surface area contributed by atoms with Crippen LogP contribution in [-0.4, -0.2) is 9.13 Å². The van der Waals surface area contributed by atoms with Gasteiger partial charge in [0.1, 0.15) is 0 Å². The van der Waals surface area contributed by atoms with Crippen molar-refractivity contribution in [1.82, 2.24) is 9.13 Å². The lowest BCUT2D eigenvalue weighted by Gasteiger charge is -2.30. The average molecular weight is 804 g/mol. The molecular formula is C60H41N3. The number of aromatic nitrogens is 2. The van der Waals surface area contributed by atoms with E-state index >= 15 is 0 Å². The van der Waals surface area contributed by atoms with Crippen LogP contribution in [0.25, 0.3) is 98.1 Å². The van der Waals surface area contributed by atoms with Gasteiger partial charge in [-0.25, -0.2) is 0 Å². The lowest BCUT2D eigenvalue weighted by molar-refractivity contribution is 0.855. The van der Waals surface area contributed by atoms with Crippen LogP contribution in [0.5, 0.6) is 0 Å². The maximum atomic E-state index is 2.61. The Balaban J connectivity index is 0.949. The van der Waals surface area contributed by atoms with Crippen LogP contribution in [-0.2, 0) is 0 Å². The minimum atomic E-state index is 0.394. The van der Waals surface area contributed by atoms with Crippen LogP contribution in [0.2, 0.25) is 0 Å². The van der Waals surface area contributed by atoms with Crippen LogP contribution >= 0.6 is 0 Å². The zero-order valence-corrected chi connectivity index (χ0v) is 34.8. The molecule has 0 radical (unpaired) electrons. The van der Waals surface area contributed by atoms with E-state index in [0.717, 1.165) is 12.1 Å². The molecule has 0 bridgehead atoms. The van der Waals surface area contributed by atoms with E-state index in [1.54, 1.807) is 0 Å². The number of benzene rings is 10. The minimum absolute atomic E-state index is 0.394. The van der Waals surface area contributed by atoms with Gasteiger partial charge in [-0.15, -0.1) is 0 Å². The summed E-state index contributed by atoms with van der Waals surface area (Å²) < 4.78 is 5.10. The van der Waals surface area contributed by atoms with E-state index in [9.17, 15) is 0 Å². The highest BCUT2D eigenvalue weighted by atomic mass is 15.2. The quantitative estimate of drug-likeness (QED) is 0.169. The van der Waals surface area contributed by atoms with Gasteiger partial charge in [0, 0.05) is 72.6 Å². The number of anilines is 2. The number of aryl methyl sites for hydroxylation is 1. The SMILES string of the molecule is Cc1ccc(N(C2=CC=C(n3c4ccc5ccccc5c4c4ccc5ccccc5c43)C3CC23)c2ccc(-n3c4ccc5ccccc5c4c4ccc5ccccc5c43)cc2)cc1. The molecule has 63 heavy (non-hydrogen) atoms. The molecule has 3 heteroatoms. The maximum absolute atomic E-state index is 2.61. The lowest BCUT2D eigenvalue weighted by Crippen LogP contribution is -2.20. The molecule has 2 heterocycles. The maximum Gasteiger partial charge on any atom is 0.0619 e. The molecule has 2 unspecified atom stereocenters. The molecule has 2 aliphatic rings. The molecule has 14 rings (SSSR count). The van der Waals surface area contributed by atoms with Crippen molar-refractivity contribution in [2.24, 2.45) is 11.8 Å². The summed E-state index contributed by atoms with van der Waals surface area (Å²) in [6.45, 7) is 2.17. The Labute approximate surface area is 364 Å². The van der Waals surface area contributed by atoms with Crippen LogP contribution in [0.15, 0.2) is 212 Å². The summed E-state index contributed by atoms with van der Waals surface area (Å²) in [5, 5.41) is 15.5. The zero-order chi connectivity index (χ0) is 41.3. The molecule has 0 aliphatic heterocycles. The fraction of sp³-hybridized carbons (Fsp3) is 0.0667. The molecule has 1 saturated carbocycles. The fourth-order valence-electron chi connectivity index (χ4n) is 11.3. The molecule has 12 aromatic rings. The summed E-state index contributed by atoms with van der Waals surface area (Å²) >= 11 is 0. The number of nitrogens with zero attached hydrogens (tertiary/aromatic N) is 3. The van der Waals surface area contributed by atoms with Gasteiger partial charge in [0.25, 0.3) is 0 Å². The van der Waals surface area contributed by atoms with E-state index in [-0.39, 0.29) is 0 Å². The van der Waals surface area contributed by atoms with E-state index in [1.807, 2.05) is 0 Å². The Morgan fingerprint density at radius 2 is 0.857 bits per heavy atom. The Morgan fingerprint density at radius 3 is 1.43 bits per heavy atom. The van der Waals surface area contributed by atoms with Gasteiger partial charge in [-0.3, -0.25) is 0 Å². The summed E-state index contributed by atoms with van der Waals surface area (Å²) in [5.74, 6) is 0.799. The number of fused-ring (bicyclic) bond motifs is 15. The first-order valence-corrected chi connectivity index (χ1v) is 22.2. The first-order chi connectivity index (χ1) is 31.2. The van der Waals surface area contributed by atoms with E-state index < -0.39 is 0 Å². The third-order valence-corrected chi connectivity index (χ3v) is 14.2. The van der Waals surface area contributed by atoms with Gasteiger partial charge in [0.05, 0.1) is 22.1 Å². The van der Waals surface area contributed by atoms with Crippen molar-refractivity contribution in [2.45, 2.75) is 13.3 Å². The second kappa shape index (κ2) is 13.1. The molecule has 0 spiro atoms. The third-order valence-electron chi connectivity index (χ3n) is 14.2. The van der Waals surface area contributed by atoms with E-state index in [2.05, 4.69) is 227 Å². The average Bonchev–Trinajstić information content (AvgIpc) is 3.97. The molecular weight excluding hydrogens is 763 g/mol. The second-order valence-corrected chi connectivity index (χ2v) is 17.7. The summed E-state index contributed by atoms with van der Waals surface area (Å²) in [6.07, 6.45) is 5.97. The zero-order valence-electron chi connectivity index (χ0n) is 34.8. The van der Waals surface area contributed by atoms with Crippen LogP contribution in [0.3, 0.4) is 0 Å². The van der Waals surface area contributed by atoms with Crippen LogP contribution in [0.1, 0.15) is 12.0 Å². The monoisotopic (exact) mass is 803 g/mol. The Hall–Kier alpha value is -7.88. The molecule has 3 nitrogen and oxygen atoms in total. The number of hydrogen-bond acceptors (Lipinski definition) is 1. The van der Waals surface area contributed by atoms with Gasteiger partial charge >= 0.3 is 0 Å². The van der Waals surface area contributed by atoms with Crippen molar-refractivity contribution in [2.75, 3.05) is 4.90 Å². The smallest absolute Gasteiger partial charge is 0.0619 e. The predicted molar refractivity (Wildman–Crippen MR) is 268 cm³/mol. The number of rotatable bonds is 5. The third kappa shape index (κ3) is 5.02. The first-order valence-electron chi connectivity index (χ1n) is 22.2. The molecule has 2 atom stereocenters. The number of hydrogen-bond donors (Lipinski definition) is 0. The van der Waals surface area contributed by atoms with Crippen molar-refractivity contribution in [1.29, 1.82) is 0 Å². The van der Waals surface area contributed by atoms with Gasteiger partial charge in [-0.1, -0.05) is 151 Å². The first kappa shape index (κ1) is 34.8. The molecule has 0 amide bonds. The lowest BCUT2D eigenvalue weighted by atomic mass is 10.0. The van der Waals surface area contributed by atoms with Gasteiger partial charge < -0.3 is 14.0 Å². The highest BCUT2D eigenvalue weighted by Crippen LogP contribution is 2.57. The fourth-order valence-corrected chi connectivity index (χ4v) is 11.3. The van der Waals surface area contributed by atoms with Crippen molar-refractivity contribution in [3.8, 4) is 5.69 Å². The van der Waals surface area contributed by atoms with Gasteiger partial charge in [0.15, 0.2) is 0 Å². The van der Waals surface area contributed by atoms with Crippen molar-refractivity contribution >= 4 is 104 Å². The molecule has 296 valence electrons. The largest absolute Gasteiger partial charge is 0.314 e. The highest BCUT2D eigenvalue weighted by molar-refractivity contribution is 6.27. The molecule has 0 N–H and O–H groups in total. The Morgan fingerprint density at radius 1 is 0.397 bits per heavy atom. The molecule has 1 fully saturated rings. The van der Waals surface area contributed by atoms with E-state index in [1.165, 1.54) is 115 Å². The molecule has 2 aromatic heterocycles. The van der Waals surface area contributed by atoms with Crippen molar-refractivity contribution in [3.05, 3.63) is 218 Å². The topological polar surface area (TPSA) is 13.1 Å². The van der Waals surface area contributed by atoms with E-state index in [0.29, 0.717) is 11.8 Å². The summed E-state index contributed by atoms with van der Waals surface area (Å²) in [7, 11) is 0. The van der Waals surface area contributed by atoms with Crippen molar-refractivity contribution < 1.29 is 0 Å². The standard InChI is InChI=1S/C60H41N3/c1-37-18-24-42(25-19-37)61(43-26-28-44(29-27-43)62-55-32-22-38-10-2-6-14-45(38)57(55)49-30-20-40-12-4-8-16-47(40)59(49)62)53-34-35-54(52-36-51(52)53)63-56-33-23-39-11-3-7-15-46(39)58(56)50-31-21-41-13-5-9-17-48(41)60(50)63/h2-35,51-52H,36H2,1H3. The van der Waals surface area contributed by atoms with Gasteiger partial charge in [0.2, 0.25) is 0 Å². The van der Waals surface area contributed by atoms with Crippen LogP contribution in [0.4, 0.5) is 11.4 Å².